The molecular formula is C19H19ClN4O. The molecule has 25 heavy (non-hydrogen) atoms. The summed E-state index contributed by atoms with van der Waals surface area (Å²) in [4.78, 5) is 20.9. The summed E-state index contributed by atoms with van der Waals surface area (Å²) in [6.07, 6.45) is 3.46. The Morgan fingerprint density at radius 1 is 1.24 bits per heavy atom. The first-order valence-electron chi connectivity index (χ1n) is 8.22. The Morgan fingerprint density at radius 2 is 2.00 bits per heavy atom. The fraction of sp³-hybridized carbons (Fsp3) is 0.316. The molecule has 0 saturated heterocycles. The summed E-state index contributed by atoms with van der Waals surface area (Å²) in [6, 6.07) is 5.80. The van der Waals surface area contributed by atoms with Crippen LogP contribution in [-0.2, 0) is 6.42 Å². The van der Waals surface area contributed by atoms with E-state index >= 15 is 0 Å². The van der Waals surface area contributed by atoms with Crippen molar-refractivity contribution in [1.82, 2.24) is 14.5 Å². The summed E-state index contributed by atoms with van der Waals surface area (Å²) >= 11 is 6.15. The van der Waals surface area contributed by atoms with Crippen LogP contribution in [0, 0.1) is 12.3 Å². The maximum absolute atomic E-state index is 12.6. The van der Waals surface area contributed by atoms with Crippen LogP contribution >= 0.6 is 11.6 Å². The molecule has 0 atom stereocenters. The molecule has 0 saturated carbocycles. The van der Waals surface area contributed by atoms with Crippen molar-refractivity contribution < 1.29 is 4.79 Å². The van der Waals surface area contributed by atoms with Crippen molar-refractivity contribution in [1.29, 1.82) is 0 Å². The molecule has 128 valence electrons. The predicted octanol–water partition coefficient (Wildman–Crippen LogP) is 4.12. The van der Waals surface area contributed by atoms with Crippen molar-refractivity contribution >= 4 is 34.2 Å². The predicted molar refractivity (Wildman–Crippen MR) is 99.5 cm³/mol. The first kappa shape index (κ1) is 16.1. The summed E-state index contributed by atoms with van der Waals surface area (Å²) in [5, 5.41) is 1.10. The lowest BCUT2D eigenvalue weighted by molar-refractivity contribution is 0.0910. The molecule has 0 radical (unpaired) electrons. The fourth-order valence-corrected chi connectivity index (χ4v) is 4.00. The molecule has 6 heteroatoms. The molecule has 2 aromatic heterocycles. The van der Waals surface area contributed by atoms with E-state index in [1.807, 2.05) is 31.3 Å². The van der Waals surface area contributed by atoms with E-state index in [1.54, 1.807) is 0 Å². The molecule has 0 fully saturated rings. The third kappa shape index (κ3) is 2.59. The summed E-state index contributed by atoms with van der Waals surface area (Å²) in [5.41, 5.74) is 10.2. The fourth-order valence-electron chi connectivity index (χ4n) is 3.75. The van der Waals surface area contributed by atoms with Crippen LogP contribution in [0.15, 0.2) is 24.4 Å². The molecule has 1 aromatic carbocycles. The number of carbonyl (C=O) groups excluding carboxylic acids is 1. The zero-order chi connectivity index (χ0) is 17.9. The number of benzene rings is 1. The second-order valence-corrected chi connectivity index (χ2v) is 7.88. The minimum atomic E-state index is -0.0423. The zero-order valence-corrected chi connectivity index (χ0v) is 15.2. The van der Waals surface area contributed by atoms with Crippen molar-refractivity contribution in [3.63, 3.8) is 0 Å². The average molecular weight is 355 g/mol. The van der Waals surface area contributed by atoms with Crippen LogP contribution in [0.2, 0.25) is 5.15 Å². The van der Waals surface area contributed by atoms with E-state index in [4.69, 9.17) is 17.3 Å². The third-order valence-electron chi connectivity index (χ3n) is 4.79. The molecule has 3 aromatic rings. The number of carbonyl (C=O) groups is 1. The molecule has 2 heterocycles. The highest BCUT2D eigenvalue weighted by Crippen LogP contribution is 2.38. The average Bonchev–Trinajstić information content (AvgIpc) is 2.81. The lowest BCUT2D eigenvalue weighted by Gasteiger charge is -2.30. The topological polar surface area (TPSA) is 73.8 Å². The van der Waals surface area contributed by atoms with Crippen molar-refractivity contribution in [2.45, 2.75) is 33.6 Å². The highest BCUT2D eigenvalue weighted by Gasteiger charge is 2.34. The number of rotatable bonds is 1. The molecule has 0 spiro atoms. The Balaban J connectivity index is 1.93. The van der Waals surface area contributed by atoms with Crippen LogP contribution < -0.4 is 5.73 Å². The van der Waals surface area contributed by atoms with Crippen LogP contribution in [0.4, 0.5) is 5.95 Å². The summed E-state index contributed by atoms with van der Waals surface area (Å²) in [7, 11) is 0. The normalized spacial score (nSPS) is 16.2. The van der Waals surface area contributed by atoms with Gasteiger partial charge < -0.3 is 10.3 Å². The Hall–Kier alpha value is -2.40. The molecular weight excluding hydrogens is 336 g/mol. The largest absolute Gasteiger partial charge is 0.368 e. The van der Waals surface area contributed by atoms with Gasteiger partial charge in [-0.05, 0) is 42.5 Å². The lowest BCUT2D eigenvalue weighted by atomic mass is 9.75. The molecule has 4 rings (SSSR count). The van der Waals surface area contributed by atoms with Crippen molar-refractivity contribution in [3.05, 3.63) is 46.4 Å². The quantitative estimate of drug-likeness (QED) is 0.667. The van der Waals surface area contributed by atoms with Gasteiger partial charge in [-0.2, -0.15) is 0 Å². The number of fused-ring (bicyclic) bond motifs is 2. The monoisotopic (exact) mass is 354 g/mol. The summed E-state index contributed by atoms with van der Waals surface area (Å²) in [5.74, 6) is 0.370. The van der Waals surface area contributed by atoms with E-state index in [0.717, 1.165) is 34.3 Å². The standard InChI is InChI=1S/C19H19ClN4O/c1-10-9-24(14-7-19(2,3)8-15(25)16(10)14)11-4-5-12-13(6-11)22-18(21)23-17(12)20/h4-6,9H,7-8H2,1-3H3,(H2,21,22,23). The SMILES string of the molecule is Cc1cn(-c2ccc3c(Cl)nc(N)nc3c2)c2c1C(=O)CC(C)(C)C2. The Labute approximate surface area is 150 Å². The Morgan fingerprint density at radius 3 is 2.76 bits per heavy atom. The van der Waals surface area contributed by atoms with Gasteiger partial charge in [-0.1, -0.05) is 25.4 Å². The number of Topliss-reactive ketones (excluding diaryl/α,β-unsaturated/α-hetero) is 1. The molecule has 5 nitrogen and oxygen atoms in total. The maximum atomic E-state index is 12.6. The number of nitrogens with two attached hydrogens (primary N) is 1. The Kier molecular flexibility index (Phi) is 3.41. The smallest absolute Gasteiger partial charge is 0.222 e. The van der Waals surface area contributed by atoms with Crippen LogP contribution in [0.5, 0.6) is 0 Å². The minimum absolute atomic E-state index is 0.0423. The van der Waals surface area contributed by atoms with Crippen molar-refractivity contribution in [3.8, 4) is 5.69 Å². The highest BCUT2D eigenvalue weighted by atomic mass is 35.5. The molecule has 2 N–H and O–H groups in total. The van der Waals surface area contributed by atoms with Crippen LogP contribution in [0.1, 0.15) is 41.9 Å². The van der Waals surface area contributed by atoms with Gasteiger partial charge in [-0.3, -0.25) is 4.79 Å². The first-order chi connectivity index (χ1) is 11.7. The molecule has 0 unspecified atom stereocenters. The number of aromatic nitrogens is 3. The van der Waals surface area contributed by atoms with Gasteiger partial charge in [0.15, 0.2) is 5.78 Å². The highest BCUT2D eigenvalue weighted by molar-refractivity contribution is 6.34. The zero-order valence-electron chi connectivity index (χ0n) is 14.4. The number of halogens is 1. The minimum Gasteiger partial charge on any atom is -0.368 e. The number of nitrogens with zero attached hydrogens (tertiary/aromatic N) is 3. The van der Waals surface area contributed by atoms with E-state index in [0.29, 0.717) is 17.1 Å². The number of nitrogen functional groups attached to an aromatic ring is 1. The van der Waals surface area contributed by atoms with Gasteiger partial charge in [-0.25, -0.2) is 9.97 Å². The van der Waals surface area contributed by atoms with Gasteiger partial charge in [0.25, 0.3) is 0 Å². The summed E-state index contributed by atoms with van der Waals surface area (Å²) < 4.78 is 2.09. The van der Waals surface area contributed by atoms with Gasteiger partial charge in [0.1, 0.15) is 5.15 Å². The van der Waals surface area contributed by atoms with Crippen LogP contribution in [0.3, 0.4) is 0 Å². The molecule has 0 bridgehead atoms. The second-order valence-electron chi connectivity index (χ2n) is 7.52. The molecule has 1 aliphatic rings. The van der Waals surface area contributed by atoms with E-state index in [9.17, 15) is 4.79 Å². The molecule has 0 amide bonds. The van der Waals surface area contributed by atoms with Gasteiger partial charge in [0, 0.05) is 34.9 Å². The van der Waals surface area contributed by atoms with E-state index in [-0.39, 0.29) is 17.1 Å². The van der Waals surface area contributed by atoms with Crippen LogP contribution in [-0.4, -0.2) is 20.3 Å². The first-order valence-corrected chi connectivity index (χ1v) is 8.60. The number of ketones is 1. The van der Waals surface area contributed by atoms with Gasteiger partial charge >= 0.3 is 0 Å². The number of hydrogen-bond acceptors (Lipinski definition) is 4. The summed E-state index contributed by atoms with van der Waals surface area (Å²) in [6.45, 7) is 6.26. The Bertz CT molecular complexity index is 1040. The maximum Gasteiger partial charge on any atom is 0.222 e. The van der Waals surface area contributed by atoms with Gasteiger partial charge in [-0.15, -0.1) is 0 Å². The van der Waals surface area contributed by atoms with Crippen molar-refractivity contribution in [2.24, 2.45) is 5.41 Å². The van der Waals surface area contributed by atoms with E-state index < -0.39 is 0 Å². The van der Waals surface area contributed by atoms with E-state index in [1.165, 1.54) is 0 Å². The third-order valence-corrected chi connectivity index (χ3v) is 5.08. The van der Waals surface area contributed by atoms with Crippen LogP contribution in [0.25, 0.3) is 16.6 Å². The number of hydrogen-bond donors (Lipinski definition) is 1. The van der Waals surface area contributed by atoms with Gasteiger partial charge in [0.05, 0.1) is 5.52 Å². The molecule has 1 aliphatic carbocycles. The lowest BCUT2D eigenvalue weighted by Crippen LogP contribution is -2.28. The number of anilines is 1. The molecule has 0 aliphatic heterocycles. The number of aryl methyl sites for hydroxylation is 1. The van der Waals surface area contributed by atoms with E-state index in [2.05, 4.69) is 28.4 Å². The second kappa shape index (κ2) is 5.30. The van der Waals surface area contributed by atoms with Gasteiger partial charge in [0.2, 0.25) is 5.95 Å². The van der Waals surface area contributed by atoms with Crippen molar-refractivity contribution in [2.75, 3.05) is 5.73 Å².